The van der Waals surface area contributed by atoms with Gasteiger partial charge in [0.2, 0.25) is 0 Å². The Morgan fingerprint density at radius 1 is 1.11 bits per heavy atom. The van der Waals surface area contributed by atoms with Crippen LogP contribution in [0.25, 0.3) is 0 Å². The van der Waals surface area contributed by atoms with Crippen LogP contribution in [0, 0.1) is 6.92 Å². The SMILES string of the molecule is COCCONC(=O)c1cc(OC)c(C)c(OC)c1. The van der Waals surface area contributed by atoms with Crippen LogP contribution in [0.3, 0.4) is 0 Å². The minimum atomic E-state index is -0.368. The molecule has 0 aliphatic carbocycles. The normalized spacial score (nSPS) is 10.1. The van der Waals surface area contributed by atoms with Crippen molar-refractivity contribution >= 4 is 5.91 Å². The molecule has 6 heteroatoms. The van der Waals surface area contributed by atoms with Gasteiger partial charge >= 0.3 is 0 Å². The number of benzene rings is 1. The van der Waals surface area contributed by atoms with E-state index in [4.69, 9.17) is 19.0 Å². The van der Waals surface area contributed by atoms with Crippen molar-refractivity contribution in [2.24, 2.45) is 0 Å². The van der Waals surface area contributed by atoms with Crippen molar-refractivity contribution in [3.8, 4) is 11.5 Å². The highest BCUT2D eigenvalue weighted by atomic mass is 16.7. The van der Waals surface area contributed by atoms with Crippen molar-refractivity contribution in [2.75, 3.05) is 34.5 Å². The van der Waals surface area contributed by atoms with Crippen LogP contribution in [0.4, 0.5) is 0 Å². The summed E-state index contributed by atoms with van der Waals surface area (Å²) >= 11 is 0. The van der Waals surface area contributed by atoms with Crippen molar-refractivity contribution in [3.05, 3.63) is 23.3 Å². The first-order chi connectivity index (χ1) is 9.13. The average molecular weight is 269 g/mol. The van der Waals surface area contributed by atoms with Crippen molar-refractivity contribution in [3.63, 3.8) is 0 Å². The maximum Gasteiger partial charge on any atom is 0.275 e. The molecule has 0 aliphatic rings. The lowest BCUT2D eigenvalue weighted by Crippen LogP contribution is -2.25. The topological polar surface area (TPSA) is 66.0 Å². The lowest BCUT2D eigenvalue weighted by molar-refractivity contribution is 0.00886. The summed E-state index contributed by atoms with van der Waals surface area (Å²) in [4.78, 5) is 16.8. The van der Waals surface area contributed by atoms with Crippen LogP contribution in [0.2, 0.25) is 0 Å². The van der Waals surface area contributed by atoms with Crippen LogP contribution < -0.4 is 15.0 Å². The van der Waals surface area contributed by atoms with Crippen LogP contribution in [0.5, 0.6) is 11.5 Å². The van der Waals surface area contributed by atoms with E-state index in [-0.39, 0.29) is 12.5 Å². The Labute approximate surface area is 112 Å². The van der Waals surface area contributed by atoms with E-state index in [2.05, 4.69) is 5.48 Å². The van der Waals surface area contributed by atoms with Gasteiger partial charge < -0.3 is 14.2 Å². The molecule has 0 heterocycles. The van der Waals surface area contributed by atoms with Gasteiger partial charge in [0.25, 0.3) is 5.91 Å². The molecule has 1 rings (SSSR count). The molecule has 0 aliphatic heterocycles. The molecule has 0 fully saturated rings. The molecule has 19 heavy (non-hydrogen) atoms. The lowest BCUT2D eigenvalue weighted by Gasteiger charge is -2.12. The Hall–Kier alpha value is -1.79. The van der Waals surface area contributed by atoms with Gasteiger partial charge in [0.15, 0.2) is 0 Å². The molecule has 0 saturated carbocycles. The van der Waals surface area contributed by atoms with E-state index >= 15 is 0 Å². The van der Waals surface area contributed by atoms with Crippen molar-refractivity contribution < 1.29 is 23.8 Å². The maximum atomic E-state index is 11.9. The maximum absolute atomic E-state index is 11.9. The van der Waals surface area contributed by atoms with E-state index in [1.807, 2.05) is 6.92 Å². The second kappa shape index (κ2) is 7.60. The zero-order chi connectivity index (χ0) is 14.3. The first-order valence-electron chi connectivity index (χ1n) is 5.77. The van der Waals surface area contributed by atoms with Crippen molar-refractivity contribution in [2.45, 2.75) is 6.92 Å². The molecule has 1 aromatic carbocycles. The van der Waals surface area contributed by atoms with Gasteiger partial charge in [-0.15, -0.1) is 0 Å². The number of nitrogens with one attached hydrogen (secondary N) is 1. The average Bonchev–Trinajstić information content (AvgIpc) is 2.43. The van der Waals surface area contributed by atoms with Crippen LogP contribution in [0.1, 0.15) is 15.9 Å². The predicted octanol–water partition coefficient (Wildman–Crippen LogP) is 1.32. The van der Waals surface area contributed by atoms with Gasteiger partial charge in [-0.05, 0) is 19.1 Å². The number of ether oxygens (including phenoxy) is 3. The fraction of sp³-hybridized carbons (Fsp3) is 0.462. The Balaban J connectivity index is 2.79. The Bertz CT molecular complexity index is 408. The zero-order valence-corrected chi connectivity index (χ0v) is 11.6. The van der Waals surface area contributed by atoms with Gasteiger partial charge in [0.05, 0.1) is 27.4 Å². The second-order valence-corrected chi connectivity index (χ2v) is 3.78. The van der Waals surface area contributed by atoms with Gasteiger partial charge in [-0.25, -0.2) is 5.48 Å². The molecule has 0 bridgehead atoms. The number of amides is 1. The lowest BCUT2D eigenvalue weighted by atomic mass is 10.1. The zero-order valence-electron chi connectivity index (χ0n) is 11.6. The van der Waals surface area contributed by atoms with Gasteiger partial charge in [-0.2, -0.15) is 0 Å². The number of hydroxylamine groups is 1. The summed E-state index contributed by atoms with van der Waals surface area (Å²) in [5.74, 6) is 0.801. The summed E-state index contributed by atoms with van der Waals surface area (Å²) < 4.78 is 15.2. The van der Waals surface area contributed by atoms with Gasteiger partial charge in [-0.1, -0.05) is 0 Å². The summed E-state index contributed by atoms with van der Waals surface area (Å²) in [6.07, 6.45) is 0. The number of carbonyl (C=O) groups is 1. The molecule has 0 atom stereocenters. The molecule has 106 valence electrons. The third-order valence-electron chi connectivity index (χ3n) is 2.57. The number of hydrogen-bond acceptors (Lipinski definition) is 5. The fourth-order valence-electron chi connectivity index (χ4n) is 1.52. The number of hydrogen-bond donors (Lipinski definition) is 1. The molecule has 0 spiro atoms. The first-order valence-corrected chi connectivity index (χ1v) is 5.77. The quantitative estimate of drug-likeness (QED) is 0.597. The molecule has 0 unspecified atom stereocenters. The standard InChI is InChI=1S/C13H19NO5/c1-9-11(17-3)7-10(8-12(9)18-4)13(15)14-19-6-5-16-2/h7-8H,5-6H2,1-4H3,(H,14,15). The van der Waals surface area contributed by atoms with Crippen LogP contribution >= 0.6 is 0 Å². The summed E-state index contributed by atoms with van der Waals surface area (Å²) in [6.45, 7) is 2.54. The van der Waals surface area contributed by atoms with E-state index in [1.54, 1.807) is 33.5 Å². The molecule has 0 saturated heterocycles. The molecule has 0 aromatic heterocycles. The smallest absolute Gasteiger partial charge is 0.275 e. The molecule has 1 amide bonds. The van der Waals surface area contributed by atoms with E-state index in [0.29, 0.717) is 23.7 Å². The molecular weight excluding hydrogens is 250 g/mol. The summed E-state index contributed by atoms with van der Waals surface area (Å²) in [5, 5.41) is 0. The third-order valence-corrected chi connectivity index (χ3v) is 2.57. The predicted molar refractivity (Wildman–Crippen MR) is 69.6 cm³/mol. The Morgan fingerprint density at radius 2 is 1.68 bits per heavy atom. The number of carbonyl (C=O) groups excluding carboxylic acids is 1. The molecule has 1 N–H and O–H groups in total. The second-order valence-electron chi connectivity index (χ2n) is 3.78. The highest BCUT2D eigenvalue weighted by Gasteiger charge is 2.13. The van der Waals surface area contributed by atoms with E-state index in [1.165, 1.54) is 0 Å². The van der Waals surface area contributed by atoms with E-state index < -0.39 is 0 Å². The molecule has 1 aromatic rings. The van der Waals surface area contributed by atoms with Crippen LogP contribution in [0.15, 0.2) is 12.1 Å². The highest BCUT2D eigenvalue weighted by molar-refractivity contribution is 5.94. The third kappa shape index (κ3) is 4.11. The van der Waals surface area contributed by atoms with E-state index in [9.17, 15) is 4.79 Å². The van der Waals surface area contributed by atoms with Crippen LogP contribution in [-0.2, 0) is 9.57 Å². The van der Waals surface area contributed by atoms with Crippen molar-refractivity contribution in [1.29, 1.82) is 0 Å². The molecule has 0 radical (unpaired) electrons. The monoisotopic (exact) mass is 269 g/mol. The number of methoxy groups -OCH3 is 3. The summed E-state index contributed by atoms with van der Waals surface area (Å²) in [5.41, 5.74) is 3.56. The molecule has 6 nitrogen and oxygen atoms in total. The van der Waals surface area contributed by atoms with Gasteiger partial charge in [-0.3, -0.25) is 9.63 Å². The van der Waals surface area contributed by atoms with Crippen LogP contribution in [-0.4, -0.2) is 40.5 Å². The Kier molecular flexibility index (Phi) is 6.11. The largest absolute Gasteiger partial charge is 0.496 e. The van der Waals surface area contributed by atoms with Gasteiger partial charge in [0, 0.05) is 18.2 Å². The first kappa shape index (κ1) is 15.3. The van der Waals surface area contributed by atoms with Gasteiger partial charge in [0.1, 0.15) is 11.5 Å². The highest BCUT2D eigenvalue weighted by Crippen LogP contribution is 2.29. The Morgan fingerprint density at radius 3 is 2.16 bits per heavy atom. The van der Waals surface area contributed by atoms with E-state index in [0.717, 1.165) is 5.56 Å². The summed E-state index contributed by atoms with van der Waals surface area (Å²) in [7, 11) is 4.64. The van der Waals surface area contributed by atoms with Crippen molar-refractivity contribution in [1.82, 2.24) is 5.48 Å². The minimum Gasteiger partial charge on any atom is -0.496 e. The number of rotatable bonds is 7. The molecular formula is C13H19NO5. The minimum absolute atomic E-state index is 0.280. The fourth-order valence-corrected chi connectivity index (χ4v) is 1.52. The summed E-state index contributed by atoms with van der Waals surface area (Å²) in [6, 6.07) is 3.26.